The summed E-state index contributed by atoms with van der Waals surface area (Å²) in [7, 11) is 0. The van der Waals surface area contributed by atoms with Crippen molar-refractivity contribution < 1.29 is 9.18 Å². The van der Waals surface area contributed by atoms with E-state index in [1.165, 1.54) is 12.1 Å². The molecule has 1 saturated heterocycles. The van der Waals surface area contributed by atoms with Crippen molar-refractivity contribution in [2.24, 2.45) is 11.7 Å². The minimum Gasteiger partial charge on any atom is -0.335 e. The highest BCUT2D eigenvalue weighted by Crippen LogP contribution is 2.23. The zero-order valence-corrected chi connectivity index (χ0v) is 11.8. The molecule has 0 saturated carbocycles. The van der Waals surface area contributed by atoms with E-state index in [1.54, 1.807) is 24.3 Å². The molecule has 3 nitrogen and oxygen atoms in total. The van der Waals surface area contributed by atoms with E-state index < -0.39 is 0 Å². The van der Waals surface area contributed by atoms with Crippen LogP contribution in [0.5, 0.6) is 0 Å². The molecule has 0 bridgehead atoms. The molecule has 2 N–H and O–H groups in total. The Bertz CT molecular complexity index is 484. The zero-order valence-electron chi connectivity index (χ0n) is 11.8. The van der Waals surface area contributed by atoms with Gasteiger partial charge in [0.05, 0.1) is 0 Å². The van der Waals surface area contributed by atoms with Gasteiger partial charge in [0.1, 0.15) is 5.82 Å². The van der Waals surface area contributed by atoms with Crippen LogP contribution in [0.25, 0.3) is 6.08 Å². The smallest absolute Gasteiger partial charge is 0.246 e. The Morgan fingerprint density at radius 1 is 1.45 bits per heavy atom. The van der Waals surface area contributed by atoms with E-state index in [4.69, 9.17) is 5.73 Å². The Kier molecular flexibility index (Phi) is 4.90. The van der Waals surface area contributed by atoms with Gasteiger partial charge in [-0.15, -0.1) is 0 Å². The van der Waals surface area contributed by atoms with Crippen LogP contribution >= 0.6 is 0 Å². The first-order valence-corrected chi connectivity index (χ1v) is 7.06. The van der Waals surface area contributed by atoms with Crippen molar-refractivity contribution in [1.82, 2.24) is 4.90 Å². The summed E-state index contributed by atoms with van der Waals surface area (Å²) < 4.78 is 12.8. The summed E-state index contributed by atoms with van der Waals surface area (Å²) >= 11 is 0. The summed E-state index contributed by atoms with van der Waals surface area (Å²) in [4.78, 5) is 14.1. The molecule has 2 atom stereocenters. The Labute approximate surface area is 119 Å². The van der Waals surface area contributed by atoms with Crippen molar-refractivity contribution in [2.75, 3.05) is 13.1 Å². The van der Waals surface area contributed by atoms with E-state index in [0.29, 0.717) is 12.5 Å². The standard InChI is InChI=1S/C16H21FN2O/c1-12-3-2-10-19(15(12)11-18)16(20)9-6-13-4-7-14(17)8-5-13/h4-9,12,15H,2-3,10-11,18H2,1H3. The molecular formula is C16H21FN2O. The molecule has 0 aromatic heterocycles. The molecular weight excluding hydrogens is 255 g/mol. The van der Waals surface area contributed by atoms with Gasteiger partial charge in [0.25, 0.3) is 0 Å². The lowest BCUT2D eigenvalue weighted by Gasteiger charge is -2.38. The van der Waals surface area contributed by atoms with E-state index in [1.807, 2.05) is 4.90 Å². The third kappa shape index (κ3) is 3.45. The zero-order chi connectivity index (χ0) is 14.5. The van der Waals surface area contributed by atoms with Crippen LogP contribution in [0, 0.1) is 11.7 Å². The van der Waals surface area contributed by atoms with Crippen LogP contribution < -0.4 is 5.73 Å². The largest absolute Gasteiger partial charge is 0.335 e. The maximum atomic E-state index is 12.8. The Morgan fingerprint density at radius 2 is 2.15 bits per heavy atom. The van der Waals surface area contributed by atoms with Gasteiger partial charge in [-0.1, -0.05) is 19.1 Å². The van der Waals surface area contributed by atoms with E-state index in [0.717, 1.165) is 24.9 Å². The van der Waals surface area contributed by atoms with Gasteiger partial charge in [-0.05, 0) is 42.5 Å². The normalized spacial score (nSPS) is 23.2. The number of halogens is 1. The number of nitrogens with zero attached hydrogens (tertiary/aromatic N) is 1. The van der Waals surface area contributed by atoms with E-state index in [2.05, 4.69) is 6.92 Å². The Hall–Kier alpha value is -1.68. The number of amides is 1. The molecule has 1 fully saturated rings. The Balaban J connectivity index is 2.04. The lowest BCUT2D eigenvalue weighted by molar-refractivity contribution is -0.130. The van der Waals surface area contributed by atoms with Crippen LogP contribution in [0.15, 0.2) is 30.3 Å². The monoisotopic (exact) mass is 276 g/mol. The van der Waals surface area contributed by atoms with Crippen molar-refractivity contribution in [1.29, 1.82) is 0 Å². The molecule has 0 aliphatic carbocycles. The van der Waals surface area contributed by atoms with E-state index in [-0.39, 0.29) is 17.8 Å². The SMILES string of the molecule is CC1CCCN(C(=O)C=Cc2ccc(F)cc2)C1CN. The average Bonchev–Trinajstić information content (AvgIpc) is 2.46. The molecule has 1 heterocycles. The van der Waals surface area contributed by atoms with Gasteiger partial charge >= 0.3 is 0 Å². The lowest BCUT2D eigenvalue weighted by atomic mass is 9.90. The fraction of sp³-hybridized carbons (Fsp3) is 0.438. The molecule has 0 spiro atoms. The van der Waals surface area contributed by atoms with Gasteiger partial charge in [0, 0.05) is 25.2 Å². The molecule has 108 valence electrons. The molecule has 1 aromatic rings. The van der Waals surface area contributed by atoms with Gasteiger partial charge in [0.2, 0.25) is 5.91 Å². The second-order valence-corrected chi connectivity index (χ2v) is 5.34. The quantitative estimate of drug-likeness (QED) is 0.862. The topological polar surface area (TPSA) is 46.3 Å². The molecule has 1 aliphatic rings. The summed E-state index contributed by atoms with van der Waals surface area (Å²) in [5.41, 5.74) is 6.60. The minimum absolute atomic E-state index is 0.0173. The van der Waals surface area contributed by atoms with Crippen molar-refractivity contribution in [3.05, 3.63) is 41.7 Å². The summed E-state index contributed by atoms with van der Waals surface area (Å²) in [6.07, 6.45) is 5.41. The highest BCUT2D eigenvalue weighted by atomic mass is 19.1. The number of hydrogen-bond donors (Lipinski definition) is 1. The molecule has 1 amide bonds. The lowest BCUT2D eigenvalue weighted by Crippen LogP contribution is -2.50. The van der Waals surface area contributed by atoms with Crippen LogP contribution in [0.2, 0.25) is 0 Å². The van der Waals surface area contributed by atoms with Gasteiger partial charge < -0.3 is 10.6 Å². The second-order valence-electron chi connectivity index (χ2n) is 5.34. The van der Waals surface area contributed by atoms with Gasteiger partial charge in [-0.2, -0.15) is 0 Å². The van der Waals surface area contributed by atoms with Crippen LogP contribution in [-0.4, -0.2) is 29.9 Å². The van der Waals surface area contributed by atoms with Gasteiger partial charge in [-0.3, -0.25) is 4.79 Å². The molecule has 4 heteroatoms. The third-order valence-electron chi connectivity index (χ3n) is 3.93. The number of likely N-dealkylation sites (tertiary alicyclic amines) is 1. The van der Waals surface area contributed by atoms with Gasteiger partial charge in [-0.25, -0.2) is 4.39 Å². The highest BCUT2D eigenvalue weighted by molar-refractivity contribution is 5.92. The molecule has 1 aliphatic heterocycles. The van der Waals surface area contributed by atoms with E-state index in [9.17, 15) is 9.18 Å². The first kappa shape index (κ1) is 14.7. The van der Waals surface area contributed by atoms with Crippen molar-refractivity contribution in [3.8, 4) is 0 Å². The number of benzene rings is 1. The third-order valence-corrected chi connectivity index (χ3v) is 3.93. The maximum Gasteiger partial charge on any atom is 0.246 e. The number of carbonyl (C=O) groups excluding carboxylic acids is 1. The average molecular weight is 276 g/mol. The Morgan fingerprint density at radius 3 is 2.80 bits per heavy atom. The first-order chi connectivity index (χ1) is 9.61. The fourth-order valence-corrected chi connectivity index (χ4v) is 2.72. The molecule has 1 aromatic carbocycles. The summed E-state index contributed by atoms with van der Waals surface area (Å²) in [6, 6.07) is 6.19. The van der Waals surface area contributed by atoms with Crippen LogP contribution in [0.4, 0.5) is 4.39 Å². The van der Waals surface area contributed by atoms with Crippen molar-refractivity contribution in [2.45, 2.75) is 25.8 Å². The van der Waals surface area contributed by atoms with Crippen molar-refractivity contribution >= 4 is 12.0 Å². The maximum absolute atomic E-state index is 12.8. The van der Waals surface area contributed by atoms with Gasteiger partial charge in [0.15, 0.2) is 0 Å². The van der Waals surface area contributed by atoms with Crippen LogP contribution in [0.3, 0.4) is 0 Å². The molecule has 2 rings (SSSR count). The minimum atomic E-state index is -0.276. The fourth-order valence-electron chi connectivity index (χ4n) is 2.72. The predicted molar refractivity (Wildman–Crippen MR) is 78.4 cm³/mol. The van der Waals surface area contributed by atoms with Crippen molar-refractivity contribution in [3.63, 3.8) is 0 Å². The second kappa shape index (κ2) is 6.66. The molecule has 2 unspecified atom stereocenters. The van der Waals surface area contributed by atoms with E-state index >= 15 is 0 Å². The number of nitrogens with two attached hydrogens (primary N) is 1. The summed E-state index contributed by atoms with van der Waals surface area (Å²) in [5, 5.41) is 0. The summed E-state index contributed by atoms with van der Waals surface area (Å²) in [5.74, 6) is 0.148. The predicted octanol–water partition coefficient (Wildman–Crippen LogP) is 2.42. The molecule has 0 radical (unpaired) electrons. The number of carbonyl (C=O) groups is 1. The number of piperidine rings is 1. The van der Waals surface area contributed by atoms with Crippen LogP contribution in [-0.2, 0) is 4.79 Å². The first-order valence-electron chi connectivity index (χ1n) is 7.06. The molecule has 20 heavy (non-hydrogen) atoms. The highest BCUT2D eigenvalue weighted by Gasteiger charge is 2.29. The number of rotatable bonds is 3. The summed E-state index contributed by atoms with van der Waals surface area (Å²) in [6.45, 7) is 3.40. The van der Waals surface area contributed by atoms with Crippen LogP contribution in [0.1, 0.15) is 25.3 Å². The number of hydrogen-bond acceptors (Lipinski definition) is 2.